The van der Waals surface area contributed by atoms with Gasteiger partial charge in [0.25, 0.3) is 0 Å². The second-order valence-corrected chi connectivity index (χ2v) is 8.13. The van der Waals surface area contributed by atoms with Crippen LogP contribution in [0.2, 0.25) is 0 Å². The van der Waals surface area contributed by atoms with E-state index < -0.39 is 6.04 Å². The van der Waals surface area contributed by atoms with Gasteiger partial charge < -0.3 is 19.7 Å². The van der Waals surface area contributed by atoms with E-state index in [4.69, 9.17) is 9.47 Å². The first-order valence-corrected chi connectivity index (χ1v) is 11.1. The Morgan fingerprint density at radius 2 is 1.41 bits per heavy atom. The Morgan fingerprint density at radius 1 is 0.882 bits per heavy atom. The van der Waals surface area contributed by atoms with Gasteiger partial charge in [0.15, 0.2) is 0 Å². The van der Waals surface area contributed by atoms with Crippen LogP contribution in [0.5, 0.6) is 11.5 Å². The summed E-state index contributed by atoms with van der Waals surface area (Å²) in [6.45, 7) is 1.43. The summed E-state index contributed by atoms with van der Waals surface area (Å²) < 4.78 is 10.6. The van der Waals surface area contributed by atoms with Gasteiger partial charge in [-0.25, -0.2) is 0 Å². The maximum Gasteiger partial charge on any atom is 0.249 e. The molecule has 2 unspecified atom stereocenters. The van der Waals surface area contributed by atoms with Crippen molar-refractivity contribution in [1.82, 2.24) is 10.2 Å². The van der Waals surface area contributed by atoms with Crippen LogP contribution in [-0.2, 0) is 9.59 Å². The number of nitrogens with one attached hydrogen (secondary N) is 1. The van der Waals surface area contributed by atoms with Crippen LogP contribution in [0.15, 0.2) is 84.9 Å². The maximum absolute atomic E-state index is 13.4. The van der Waals surface area contributed by atoms with Gasteiger partial charge in [-0.3, -0.25) is 9.59 Å². The van der Waals surface area contributed by atoms with E-state index in [2.05, 4.69) is 5.32 Å². The molecule has 1 aliphatic rings. The van der Waals surface area contributed by atoms with Gasteiger partial charge in [0, 0.05) is 6.92 Å². The molecule has 34 heavy (non-hydrogen) atoms. The largest absolute Gasteiger partial charge is 0.497 e. The Labute approximate surface area is 199 Å². The molecule has 0 aliphatic carbocycles. The van der Waals surface area contributed by atoms with Gasteiger partial charge in [0.05, 0.1) is 26.3 Å². The van der Waals surface area contributed by atoms with Crippen molar-refractivity contribution in [3.8, 4) is 11.5 Å². The fourth-order valence-electron chi connectivity index (χ4n) is 4.26. The fourth-order valence-corrected chi connectivity index (χ4v) is 4.26. The summed E-state index contributed by atoms with van der Waals surface area (Å²) in [4.78, 5) is 27.0. The number of nitrogens with zero attached hydrogens (tertiary/aromatic N) is 1. The SMILES string of the molecule is COc1ccc(C(c2ccc(OC)cc2)N2C(=O)C(NC(C)=O)C2/C=C/c2ccccc2)cc1. The molecular weight excluding hydrogens is 428 g/mol. The summed E-state index contributed by atoms with van der Waals surface area (Å²) in [5.41, 5.74) is 2.91. The number of rotatable bonds is 8. The minimum absolute atomic E-state index is 0.130. The summed E-state index contributed by atoms with van der Waals surface area (Å²) in [5.74, 6) is 1.11. The Balaban J connectivity index is 1.75. The molecule has 4 rings (SSSR count). The van der Waals surface area contributed by atoms with Gasteiger partial charge in [-0.15, -0.1) is 0 Å². The van der Waals surface area contributed by atoms with Crippen molar-refractivity contribution in [1.29, 1.82) is 0 Å². The zero-order chi connectivity index (χ0) is 24.1. The van der Waals surface area contributed by atoms with Crippen molar-refractivity contribution in [3.05, 3.63) is 102 Å². The molecule has 6 nitrogen and oxygen atoms in total. The standard InChI is InChI=1S/C28H28N2O4/c1-19(31)29-26-25(18-9-20-7-5-4-6-8-20)30(28(26)32)27(21-10-14-23(33-2)15-11-21)22-12-16-24(34-3)17-13-22/h4-18,25-27H,1-3H3,(H,29,31)/b18-9+. The first-order chi connectivity index (χ1) is 16.5. The fraction of sp³-hybridized carbons (Fsp3) is 0.214. The number of ether oxygens (including phenoxy) is 2. The summed E-state index contributed by atoms with van der Waals surface area (Å²) in [5, 5.41) is 2.82. The van der Waals surface area contributed by atoms with Crippen molar-refractivity contribution in [2.24, 2.45) is 0 Å². The van der Waals surface area contributed by atoms with E-state index in [9.17, 15) is 9.59 Å². The summed E-state index contributed by atoms with van der Waals surface area (Å²) in [7, 11) is 3.24. The van der Waals surface area contributed by atoms with Crippen LogP contribution >= 0.6 is 0 Å². The monoisotopic (exact) mass is 456 g/mol. The van der Waals surface area contributed by atoms with Gasteiger partial charge >= 0.3 is 0 Å². The first kappa shape index (κ1) is 23.1. The van der Waals surface area contributed by atoms with Crippen LogP contribution in [-0.4, -0.2) is 43.0 Å². The average Bonchev–Trinajstić information content (AvgIpc) is 2.88. The Hall–Kier alpha value is -4.06. The van der Waals surface area contributed by atoms with Crippen LogP contribution in [0, 0.1) is 0 Å². The quantitative estimate of drug-likeness (QED) is 0.516. The van der Waals surface area contributed by atoms with Gasteiger partial charge in [-0.1, -0.05) is 66.7 Å². The van der Waals surface area contributed by atoms with E-state index in [0.717, 1.165) is 28.2 Å². The van der Waals surface area contributed by atoms with Gasteiger partial charge in [-0.2, -0.15) is 0 Å². The summed E-state index contributed by atoms with van der Waals surface area (Å²) >= 11 is 0. The predicted octanol–water partition coefficient (Wildman–Crippen LogP) is 4.22. The van der Waals surface area contributed by atoms with Crippen LogP contribution in [0.4, 0.5) is 0 Å². The van der Waals surface area contributed by atoms with Gasteiger partial charge in [0.2, 0.25) is 11.8 Å². The lowest BCUT2D eigenvalue weighted by Crippen LogP contribution is -2.70. The van der Waals surface area contributed by atoms with Crippen LogP contribution in [0.25, 0.3) is 6.08 Å². The average molecular weight is 457 g/mol. The smallest absolute Gasteiger partial charge is 0.249 e. The van der Waals surface area contributed by atoms with E-state index in [1.807, 2.05) is 95.9 Å². The molecule has 2 atom stereocenters. The lowest BCUT2D eigenvalue weighted by atomic mass is 9.86. The number of hydrogen-bond acceptors (Lipinski definition) is 4. The molecule has 6 heteroatoms. The molecule has 0 spiro atoms. The lowest BCUT2D eigenvalue weighted by molar-refractivity contribution is -0.153. The molecule has 1 fully saturated rings. The molecule has 0 saturated carbocycles. The third-order valence-electron chi connectivity index (χ3n) is 5.97. The highest BCUT2D eigenvalue weighted by Gasteiger charge is 2.50. The van der Waals surface area contributed by atoms with E-state index in [1.54, 1.807) is 14.2 Å². The molecule has 174 valence electrons. The van der Waals surface area contributed by atoms with Gasteiger partial charge in [-0.05, 0) is 41.0 Å². The Kier molecular flexibility index (Phi) is 6.97. The highest BCUT2D eigenvalue weighted by Crippen LogP contribution is 2.38. The number of β-lactam (4-membered cyclic amide) rings is 1. The maximum atomic E-state index is 13.4. The number of likely N-dealkylation sites (tertiary alicyclic amines) is 1. The third kappa shape index (κ3) is 4.81. The molecule has 0 aromatic heterocycles. The Bertz CT molecular complexity index is 1110. The molecule has 1 heterocycles. The minimum atomic E-state index is -0.614. The summed E-state index contributed by atoms with van der Waals surface area (Å²) in [6.07, 6.45) is 3.97. The number of benzene rings is 3. The molecule has 0 bridgehead atoms. The van der Waals surface area contributed by atoms with Crippen LogP contribution in [0.1, 0.15) is 29.7 Å². The molecule has 2 amide bonds. The van der Waals surface area contributed by atoms with Crippen molar-refractivity contribution in [2.75, 3.05) is 14.2 Å². The first-order valence-electron chi connectivity index (χ1n) is 11.1. The van der Waals surface area contributed by atoms with E-state index >= 15 is 0 Å². The van der Waals surface area contributed by atoms with Crippen molar-refractivity contribution < 1.29 is 19.1 Å². The van der Waals surface area contributed by atoms with Crippen molar-refractivity contribution >= 4 is 17.9 Å². The molecule has 1 aliphatic heterocycles. The number of methoxy groups -OCH3 is 2. The number of amides is 2. The van der Waals surface area contributed by atoms with Crippen molar-refractivity contribution in [2.45, 2.75) is 25.0 Å². The predicted molar refractivity (Wildman–Crippen MR) is 132 cm³/mol. The number of hydrogen-bond donors (Lipinski definition) is 1. The zero-order valence-electron chi connectivity index (χ0n) is 19.5. The molecular formula is C28H28N2O4. The Morgan fingerprint density at radius 3 is 1.88 bits per heavy atom. The molecule has 1 saturated heterocycles. The van der Waals surface area contributed by atoms with Crippen molar-refractivity contribution in [3.63, 3.8) is 0 Å². The highest BCUT2D eigenvalue weighted by molar-refractivity contribution is 5.94. The summed E-state index contributed by atoms with van der Waals surface area (Å²) in [6, 6.07) is 24.0. The topological polar surface area (TPSA) is 67.9 Å². The van der Waals surface area contributed by atoms with E-state index in [0.29, 0.717) is 0 Å². The second-order valence-electron chi connectivity index (χ2n) is 8.13. The number of carbonyl (C=O) groups excluding carboxylic acids is 2. The van der Waals surface area contributed by atoms with Crippen LogP contribution in [0.3, 0.4) is 0 Å². The normalized spacial score (nSPS) is 17.5. The third-order valence-corrected chi connectivity index (χ3v) is 5.97. The second kappa shape index (κ2) is 10.3. The minimum Gasteiger partial charge on any atom is -0.497 e. The molecule has 0 radical (unpaired) electrons. The zero-order valence-corrected chi connectivity index (χ0v) is 19.5. The highest BCUT2D eigenvalue weighted by atomic mass is 16.5. The van der Waals surface area contributed by atoms with Crippen LogP contribution < -0.4 is 14.8 Å². The van der Waals surface area contributed by atoms with Gasteiger partial charge in [0.1, 0.15) is 17.5 Å². The number of carbonyl (C=O) groups is 2. The van der Waals surface area contributed by atoms with E-state index in [-0.39, 0.29) is 23.9 Å². The molecule has 3 aromatic rings. The van der Waals surface area contributed by atoms with E-state index in [1.165, 1.54) is 6.92 Å². The molecule has 3 aromatic carbocycles. The molecule has 1 N–H and O–H groups in total. The lowest BCUT2D eigenvalue weighted by Gasteiger charge is -2.50.